The van der Waals surface area contributed by atoms with Crippen LogP contribution in [0.3, 0.4) is 0 Å². The molecule has 0 saturated carbocycles. The van der Waals surface area contributed by atoms with Gasteiger partial charge in [-0.2, -0.15) is 0 Å². The van der Waals surface area contributed by atoms with Crippen molar-refractivity contribution in [2.75, 3.05) is 0 Å². The zero-order valence-corrected chi connectivity index (χ0v) is 12.5. The standard InChI is InChI=1S/C12H11FN2O4S2/c1-7-5-14-11(20-7)6-15-21(18,19)8-2-3-10(13)9(4-8)12(16)17/h2-5,15H,6H2,1H3,(H,16,17). The maximum Gasteiger partial charge on any atom is 0.338 e. The van der Waals surface area contributed by atoms with Gasteiger partial charge in [0.05, 0.1) is 17.0 Å². The van der Waals surface area contributed by atoms with Crippen molar-refractivity contribution in [3.05, 3.63) is 45.7 Å². The van der Waals surface area contributed by atoms with Crippen LogP contribution in [0.4, 0.5) is 4.39 Å². The van der Waals surface area contributed by atoms with Crippen LogP contribution in [0.2, 0.25) is 0 Å². The Bertz CT molecular complexity index is 786. The fourth-order valence-electron chi connectivity index (χ4n) is 1.56. The summed E-state index contributed by atoms with van der Waals surface area (Å²) in [7, 11) is -3.94. The molecule has 0 aliphatic rings. The molecule has 0 saturated heterocycles. The lowest BCUT2D eigenvalue weighted by molar-refractivity contribution is 0.0691. The highest BCUT2D eigenvalue weighted by molar-refractivity contribution is 7.89. The van der Waals surface area contributed by atoms with Gasteiger partial charge < -0.3 is 5.11 Å². The highest BCUT2D eigenvalue weighted by Crippen LogP contribution is 2.16. The van der Waals surface area contributed by atoms with Crippen LogP contribution in [0.25, 0.3) is 0 Å². The van der Waals surface area contributed by atoms with E-state index in [9.17, 15) is 17.6 Å². The number of aryl methyl sites for hydroxylation is 1. The van der Waals surface area contributed by atoms with Gasteiger partial charge in [0.15, 0.2) is 0 Å². The molecule has 0 fully saturated rings. The predicted molar refractivity (Wildman–Crippen MR) is 74.2 cm³/mol. The smallest absolute Gasteiger partial charge is 0.338 e. The molecule has 0 bridgehead atoms. The number of carbonyl (C=O) groups is 1. The van der Waals surface area contributed by atoms with E-state index in [1.54, 1.807) is 6.20 Å². The zero-order chi connectivity index (χ0) is 15.6. The Labute approximate surface area is 124 Å². The minimum atomic E-state index is -3.94. The van der Waals surface area contributed by atoms with Crippen molar-refractivity contribution in [3.63, 3.8) is 0 Å². The Morgan fingerprint density at radius 1 is 1.48 bits per heavy atom. The largest absolute Gasteiger partial charge is 0.478 e. The number of sulfonamides is 1. The average molecular weight is 330 g/mol. The fraction of sp³-hybridized carbons (Fsp3) is 0.167. The minimum absolute atomic E-state index is 0.0133. The number of carboxylic acids is 1. The Hall–Kier alpha value is -1.84. The van der Waals surface area contributed by atoms with E-state index in [4.69, 9.17) is 5.11 Å². The van der Waals surface area contributed by atoms with E-state index in [1.807, 2.05) is 6.92 Å². The average Bonchev–Trinajstić information content (AvgIpc) is 2.82. The number of carboxylic acid groups (broad SMARTS) is 1. The van der Waals surface area contributed by atoms with Gasteiger partial charge in [-0.1, -0.05) is 0 Å². The summed E-state index contributed by atoms with van der Waals surface area (Å²) in [5, 5.41) is 9.38. The number of hydrogen-bond donors (Lipinski definition) is 2. The van der Waals surface area contributed by atoms with Gasteiger partial charge in [-0.25, -0.2) is 27.3 Å². The molecule has 2 rings (SSSR count). The first-order chi connectivity index (χ1) is 9.79. The van der Waals surface area contributed by atoms with E-state index in [0.717, 1.165) is 23.1 Å². The maximum absolute atomic E-state index is 13.3. The van der Waals surface area contributed by atoms with Crippen LogP contribution in [0.15, 0.2) is 29.3 Å². The molecule has 21 heavy (non-hydrogen) atoms. The highest BCUT2D eigenvalue weighted by Gasteiger charge is 2.19. The molecule has 1 heterocycles. The van der Waals surface area contributed by atoms with Crippen molar-refractivity contribution in [2.45, 2.75) is 18.4 Å². The first-order valence-corrected chi connectivity index (χ1v) is 8.03. The predicted octanol–water partition coefficient (Wildman–Crippen LogP) is 1.77. The van der Waals surface area contributed by atoms with Gasteiger partial charge in [0.1, 0.15) is 10.8 Å². The number of nitrogens with one attached hydrogen (secondary N) is 1. The summed E-state index contributed by atoms with van der Waals surface area (Å²) in [5.74, 6) is -2.52. The summed E-state index contributed by atoms with van der Waals surface area (Å²) in [5.41, 5.74) is -0.692. The van der Waals surface area contributed by atoms with Crippen LogP contribution >= 0.6 is 11.3 Å². The lowest BCUT2D eigenvalue weighted by Gasteiger charge is -2.06. The zero-order valence-electron chi connectivity index (χ0n) is 10.8. The number of nitrogens with zero attached hydrogens (tertiary/aromatic N) is 1. The molecule has 0 unspecified atom stereocenters. The van der Waals surface area contributed by atoms with E-state index >= 15 is 0 Å². The molecular weight excluding hydrogens is 319 g/mol. The first kappa shape index (κ1) is 15.5. The number of benzene rings is 1. The molecule has 0 atom stereocenters. The summed E-state index contributed by atoms with van der Waals surface area (Å²) in [6.07, 6.45) is 1.62. The van der Waals surface area contributed by atoms with Crippen molar-refractivity contribution >= 4 is 27.3 Å². The Balaban J connectivity index is 2.23. The van der Waals surface area contributed by atoms with Crippen molar-refractivity contribution in [1.82, 2.24) is 9.71 Å². The number of hydrogen-bond acceptors (Lipinski definition) is 5. The summed E-state index contributed by atoms with van der Waals surface area (Å²) in [4.78, 5) is 15.5. The molecule has 0 radical (unpaired) electrons. The van der Waals surface area contributed by atoms with E-state index < -0.39 is 27.4 Å². The van der Waals surface area contributed by atoms with Crippen LogP contribution in [0.5, 0.6) is 0 Å². The second-order valence-electron chi connectivity index (χ2n) is 4.14. The van der Waals surface area contributed by atoms with Gasteiger partial charge in [0.2, 0.25) is 10.0 Å². The molecule has 2 aromatic rings. The fourth-order valence-corrected chi connectivity index (χ4v) is 3.39. The number of rotatable bonds is 5. The van der Waals surface area contributed by atoms with E-state index in [0.29, 0.717) is 5.01 Å². The molecule has 9 heteroatoms. The van der Waals surface area contributed by atoms with Crippen LogP contribution in [-0.2, 0) is 16.6 Å². The number of thiazole rings is 1. The maximum atomic E-state index is 13.3. The SMILES string of the molecule is Cc1cnc(CNS(=O)(=O)c2ccc(F)c(C(=O)O)c2)s1. The third kappa shape index (κ3) is 3.63. The van der Waals surface area contributed by atoms with Crippen LogP contribution < -0.4 is 4.72 Å². The topological polar surface area (TPSA) is 96.4 Å². The van der Waals surface area contributed by atoms with Crippen molar-refractivity contribution in [2.24, 2.45) is 0 Å². The van der Waals surface area contributed by atoms with E-state index in [-0.39, 0.29) is 11.4 Å². The molecule has 0 aliphatic carbocycles. The van der Waals surface area contributed by atoms with Gasteiger partial charge >= 0.3 is 5.97 Å². The summed E-state index contributed by atoms with van der Waals surface area (Å²) in [6.45, 7) is 1.83. The number of halogens is 1. The van der Waals surface area contributed by atoms with Gasteiger partial charge in [0, 0.05) is 11.1 Å². The van der Waals surface area contributed by atoms with E-state index in [1.165, 1.54) is 11.3 Å². The summed E-state index contributed by atoms with van der Waals surface area (Å²) >= 11 is 1.34. The second-order valence-corrected chi connectivity index (χ2v) is 7.22. The van der Waals surface area contributed by atoms with Crippen LogP contribution in [0, 0.1) is 12.7 Å². The minimum Gasteiger partial charge on any atom is -0.478 e. The molecule has 0 spiro atoms. The molecule has 2 N–H and O–H groups in total. The molecule has 0 aliphatic heterocycles. The van der Waals surface area contributed by atoms with Crippen molar-refractivity contribution in [1.29, 1.82) is 0 Å². The van der Waals surface area contributed by atoms with Crippen LogP contribution in [-0.4, -0.2) is 24.5 Å². The normalized spacial score (nSPS) is 11.5. The monoisotopic (exact) mass is 330 g/mol. The quantitative estimate of drug-likeness (QED) is 0.871. The Morgan fingerprint density at radius 2 is 2.19 bits per heavy atom. The number of aromatic carboxylic acids is 1. The summed E-state index contributed by atoms with van der Waals surface area (Å²) < 4.78 is 39.7. The molecular formula is C12H11FN2O4S2. The molecule has 112 valence electrons. The Kier molecular flexibility index (Phi) is 4.35. The molecule has 1 aromatic heterocycles. The van der Waals surface area contributed by atoms with Gasteiger partial charge in [-0.15, -0.1) is 11.3 Å². The highest BCUT2D eigenvalue weighted by atomic mass is 32.2. The lowest BCUT2D eigenvalue weighted by atomic mass is 10.2. The van der Waals surface area contributed by atoms with Crippen LogP contribution in [0.1, 0.15) is 20.2 Å². The molecule has 6 nitrogen and oxygen atoms in total. The third-order valence-electron chi connectivity index (χ3n) is 2.56. The first-order valence-electron chi connectivity index (χ1n) is 5.73. The number of aromatic nitrogens is 1. The third-order valence-corrected chi connectivity index (χ3v) is 4.87. The van der Waals surface area contributed by atoms with E-state index in [2.05, 4.69) is 9.71 Å². The summed E-state index contributed by atoms with van der Waals surface area (Å²) in [6, 6.07) is 2.61. The molecule has 0 amide bonds. The Morgan fingerprint density at radius 3 is 2.76 bits per heavy atom. The van der Waals surface area contributed by atoms with Crippen molar-refractivity contribution in [3.8, 4) is 0 Å². The van der Waals surface area contributed by atoms with Gasteiger partial charge in [0.25, 0.3) is 0 Å². The van der Waals surface area contributed by atoms with Crippen molar-refractivity contribution < 1.29 is 22.7 Å². The lowest BCUT2D eigenvalue weighted by Crippen LogP contribution is -2.23. The second kappa shape index (κ2) is 5.88. The molecule has 1 aromatic carbocycles. The van der Waals surface area contributed by atoms with Gasteiger partial charge in [-0.3, -0.25) is 0 Å². The van der Waals surface area contributed by atoms with Gasteiger partial charge in [-0.05, 0) is 25.1 Å².